The molecule has 0 amide bonds. The second-order valence-corrected chi connectivity index (χ2v) is 4.48. The molecule has 2 rings (SSSR count). The monoisotopic (exact) mass is 264 g/mol. The van der Waals surface area contributed by atoms with Crippen LogP contribution in [0.3, 0.4) is 0 Å². The first-order valence-electron chi connectivity index (χ1n) is 5.25. The van der Waals surface area contributed by atoms with Crippen molar-refractivity contribution in [2.24, 2.45) is 0 Å². The van der Waals surface area contributed by atoms with E-state index >= 15 is 0 Å². The largest absolute Gasteiger partial charge is 0.480 e. The zero-order valence-electron chi connectivity index (χ0n) is 9.67. The lowest BCUT2D eigenvalue weighted by molar-refractivity contribution is -0.134. The summed E-state index contributed by atoms with van der Waals surface area (Å²) in [7, 11) is 0. The predicted molar refractivity (Wildman–Crippen MR) is 70.5 cm³/mol. The van der Waals surface area contributed by atoms with Crippen LogP contribution in [0.4, 0.5) is 16.6 Å². The van der Waals surface area contributed by atoms with Gasteiger partial charge in [-0.05, 0) is 24.4 Å². The number of rotatable bonds is 5. The Hall–Kier alpha value is -2.15. The second kappa shape index (κ2) is 5.46. The molecule has 7 heteroatoms. The smallest absolute Gasteiger partial charge is 0.322 e. The summed E-state index contributed by atoms with van der Waals surface area (Å²) in [5, 5.41) is 17.4. The fraction of sp³-hybridized carbons (Fsp3) is 0.182. The van der Waals surface area contributed by atoms with E-state index in [0.717, 1.165) is 5.00 Å². The fourth-order valence-corrected chi connectivity index (χ4v) is 1.99. The number of carboxylic acid groups (broad SMARTS) is 1. The second-order valence-electron chi connectivity index (χ2n) is 3.54. The number of nitrogens with zero attached hydrogens (tertiary/aromatic N) is 2. The van der Waals surface area contributed by atoms with E-state index in [0.29, 0.717) is 17.5 Å². The summed E-state index contributed by atoms with van der Waals surface area (Å²) in [6, 6.07) is 5.55. The highest BCUT2D eigenvalue weighted by Gasteiger charge is 2.04. The van der Waals surface area contributed by atoms with Crippen LogP contribution >= 0.6 is 11.3 Å². The molecule has 2 heterocycles. The third-order valence-corrected chi connectivity index (χ3v) is 2.82. The topological polar surface area (TPSA) is 87.1 Å². The molecule has 2 aromatic rings. The van der Waals surface area contributed by atoms with Gasteiger partial charge >= 0.3 is 5.97 Å². The molecule has 2 aromatic heterocycles. The summed E-state index contributed by atoms with van der Waals surface area (Å²) in [4.78, 5) is 18.8. The summed E-state index contributed by atoms with van der Waals surface area (Å²) in [6.07, 6.45) is 0. The molecule has 0 bridgehead atoms. The Morgan fingerprint density at radius 3 is 2.89 bits per heavy atom. The Morgan fingerprint density at radius 2 is 2.22 bits per heavy atom. The fourth-order valence-electron chi connectivity index (χ4n) is 1.36. The molecule has 94 valence electrons. The van der Waals surface area contributed by atoms with Crippen LogP contribution < -0.4 is 10.6 Å². The van der Waals surface area contributed by atoms with Crippen LogP contribution in [-0.2, 0) is 4.79 Å². The number of aromatic nitrogens is 2. The molecule has 0 saturated heterocycles. The standard InChI is InChI=1S/C11H12N4O2S/c1-7-13-8(12-6-11(16)17)5-9(14-7)15-10-3-2-4-18-10/h2-5H,6H2,1H3,(H,16,17)(H2,12,13,14,15). The molecule has 0 aliphatic carbocycles. The van der Waals surface area contributed by atoms with Crippen LogP contribution in [0, 0.1) is 6.92 Å². The van der Waals surface area contributed by atoms with Crippen LogP contribution in [0.2, 0.25) is 0 Å². The van der Waals surface area contributed by atoms with Crippen LogP contribution in [0.5, 0.6) is 0 Å². The molecule has 6 nitrogen and oxygen atoms in total. The molecule has 0 aromatic carbocycles. The van der Waals surface area contributed by atoms with E-state index in [-0.39, 0.29) is 6.54 Å². The van der Waals surface area contributed by atoms with Gasteiger partial charge in [0.1, 0.15) is 24.0 Å². The van der Waals surface area contributed by atoms with Gasteiger partial charge in [0.15, 0.2) is 0 Å². The molecule has 3 N–H and O–H groups in total. The predicted octanol–water partition coefficient (Wildman–Crippen LogP) is 2.09. The Kier molecular flexibility index (Phi) is 3.73. The van der Waals surface area contributed by atoms with E-state index in [4.69, 9.17) is 5.11 Å². The Balaban J connectivity index is 2.13. The Morgan fingerprint density at radius 1 is 1.44 bits per heavy atom. The van der Waals surface area contributed by atoms with Gasteiger partial charge in [0.25, 0.3) is 0 Å². The van der Waals surface area contributed by atoms with E-state index in [1.165, 1.54) is 0 Å². The number of hydrogen-bond acceptors (Lipinski definition) is 6. The van der Waals surface area contributed by atoms with E-state index in [1.807, 2.05) is 17.5 Å². The van der Waals surface area contributed by atoms with Crippen LogP contribution in [0.1, 0.15) is 5.82 Å². The maximum Gasteiger partial charge on any atom is 0.322 e. The third-order valence-electron chi connectivity index (χ3n) is 2.03. The molecule has 0 spiro atoms. The molecule has 0 fully saturated rings. The molecule has 0 aliphatic rings. The van der Waals surface area contributed by atoms with Gasteiger partial charge in [-0.15, -0.1) is 11.3 Å². The molecule has 0 radical (unpaired) electrons. The maximum atomic E-state index is 10.5. The zero-order chi connectivity index (χ0) is 13.0. The van der Waals surface area contributed by atoms with Crippen LogP contribution in [0.15, 0.2) is 23.6 Å². The van der Waals surface area contributed by atoms with Gasteiger partial charge in [0.05, 0.1) is 5.00 Å². The van der Waals surface area contributed by atoms with Crippen molar-refractivity contribution in [1.29, 1.82) is 0 Å². The maximum absolute atomic E-state index is 10.5. The molecule has 0 atom stereocenters. The van der Waals surface area contributed by atoms with Gasteiger partial charge in [-0.1, -0.05) is 0 Å². The lowest BCUT2D eigenvalue weighted by atomic mass is 10.4. The van der Waals surface area contributed by atoms with Gasteiger partial charge < -0.3 is 15.7 Å². The SMILES string of the molecule is Cc1nc(NCC(=O)O)cc(Nc2cccs2)n1. The first-order chi connectivity index (χ1) is 8.63. The van der Waals surface area contributed by atoms with Crippen molar-refractivity contribution in [3.8, 4) is 0 Å². The Bertz CT molecular complexity index is 542. The van der Waals surface area contributed by atoms with Gasteiger partial charge in [0.2, 0.25) is 0 Å². The number of hydrogen-bond donors (Lipinski definition) is 3. The van der Waals surface area contributed by atoms with Crippen molar-refractivity contribution in [2.45, 2.75) is 6.92 Å². The molecular formula is C11H12N4O2S. The van der Waals surface area contributed by atoms with Crippen molar-refractivity contribution in [1.82, 2.24) is 9.97 Å². The highest BCUT2D eigenvalue weighted by Crippen LogP contribution is 2.21. The zero-order valence-corrected chi connectivity index (χ0v) is 10.5. The van der Waals surface area contributed by atoms with Gasteiger partial charge in [0, 0.05) is 6.07 Å². The normalized spacial score (nSPS) is 10.1. The number of nitrogens with one attached hydrogen (secondary N) is 2. The lowest BCUT2D eigenvalue weighted by Crippen LogP contribution is -2.14. The lowest BCUT2D eigenvalue weighted by Gasteiger charge is -2.07. The third kappa shape index (κ3) is 3.42. The molecular weight excluding hydrogens is 252 g/mol. The summed E-state index contributed by atoms with van der Waals surface area (Å²) < 4.78 is 0. The number of thiophene rings is 1. The van der Waals surface area contributed by atoms with E-state index in [2.05, 4.69) is 20.6 Å². The summed E-state index contributed by atoms with van der Waals surface area (Å²) in [6.45, 7) is 1.58. The average Bonchev–Trinajstić information content (AvgIpc) is 2.78. The summed E-state index contributed by atoms with van der Waals surface area (Å²) >= 11 is 1.56. The van der Waals surface area contributed by atoms with E-state index < -0.39 is 5.97 Å². The minimum atomic E-state index is -0.931. The van der Waals surface area contributed by atoms with Crippen molar-refractivity contribution in [2.75, 3.05) is 17.2 Å². The van der Waals surface area contributed by atoms with Crippen molar-refractivity contribution in [3.63, 3.8) is 0 Å². The van der Waals surface area contributed by atoms with Crippen molar-refractivity contribution < 1.29 is 9.90 Å². The average molecular weight is 264 g/mol. The molecule has 0 aliphatic heterocycles. The molecule has 0 unspecified atom stereocenters. The van der Waals surface area contributed by atoms with Gasteiger partial charge in [-0.25, -0.2) is 9.97 Å². The molecule has 0 saturated carbocycles. The van der Waals surface area contributed by atoms with Crippen LogP contribution in [-0.4, -0.2) is 27.6 Å². The number of carbonyl (C=O) groups is 1. The van der Waals surface area contributed by atoms with Crippen LogP contribution in [0.25, 0.3) is 0 Å². The summed E-state index contributed by atoms with van der Waals surface area (Å²) in [5.41, 5.74) is 0. The number of carboxylic acids is 1. The van der Waals surface area contributed by atoms with E-state index in [9.17, 15) is 4.79 Å². The van der Waals surface area contributed by atoms with Gasteiger partial charge in [-0.2, -0.15) is 0 Å². The number of aryl methyl sites for hydroxylation is 1. The minimum Gasteiger partial charge on any atom is -0.480 e. The first kappa shape index (κ1) is 12.3. The van der Waals surface area contributed by atoms with E-state index in [1.54, 1.807) is 24.3 Å². The Labute approximate surface area is 108 Å². The van der Waals surface area contributed by atoms with Crippen molar-refractivity contribution in [3.05, 3.63) is 29.4 Å². The summed E-state index contributed by atoms with van der Waals surface area (Å²) in [5.74, 6) is 0.769. The highest BCUT2D eigenvalue weighted by atomic mass is 32.1. The van der Waals surface area contributed by atoms with Crippen molar-refractivity contribution >= 4 is 33.9 Å². The first-order valence-corrected chi connectivity index (χ1v) is 6.13. The number of anilines is 3. The minimum absolute atomic E-state index is 0.172. The molecule has 18 heavy (non-hydrogen) atoms. The number of aliphatic carboxylic acids is 1. The van der Waals surface area contributed by atoms with Gasteiger partial charge in [-0.3, -0.25) is 4.79 Å². The highest BCUT2D eigenvalue weighted by molar-refractivity contribution is 7.14. The quantitative estimate of drug-likeness (QED) is 0.766.